The lowest BCUT2D eigenvalue weighted by Crippen LogP contribution is -2.46. The van der Waals surface area contributed by atoms with Crippen molar-refractivity contribution < 1.29 is 33.3 Å². The fourth-order valence-corrected chi connectivity index (χ4v) is 4.99. The van der Waals surface area contributed by atoms with E-state index in [0.717, 1.165) is 24.0 Å². The average Bonchev–Trinajstić information content (AvgIpc) is 3.51. The second-order valence-electron chi connectivity index (χ2n) is 10.6. The van der Waals surface area contributed by atoms with Crippen LogP contribution in [0.1, 0.15) is 55.3 Å². The minimum Gasteiger partial charge on any atom is -0.469 e. The molecule has 1 heterocycles. The zero-order valence-electron chi connectivity index (χ0n) is 25.2. The summed E-state index contributed by atoms with van der Waals surface area (Å²) in [6, 6.07) is 18.0. The van der Waals surface area contributed by atoms with Gasteiger partial charge in [-0.25, -0.2) is 9.59 Å². The molecule has 2 N–H and O–H groups in total. The molecule has 12 heteroatoms. The fraction of sp³-hybridized carbons (Fsp3) is 0.364. The summed E-state index contributed by atoms with van der Waals surface area (Å²) in [4.78, 5) is 40.4. The number of unbranched alkanes of at least 4 members (excludes halogenated alkanes) is 1. The maximum absolute atomic E-state index is 13.4. The molecule has 0 aliphatic carbocycles. The van der Waals surface area contributed by atoms with E-state index in [0.29, 0.717) is 33.5 Å². The number of carbonyl (C=O) groups excluding carboxylic acids is 3. The Morgan fingerprint density at radius 2 is 1.51 bits per heavy atom. The number of fused-ring (bicyclic) bond motifs is 1. The van der Waals surface area contributed by atoms with Crippen LogP contribution in [0, 0.1) is 0 Å². The van der Waals surface area contributed by atoms with E-state index in [-0.39, 0.29) is 32.9 Å². The number of nitrogens with zero attached hydrogens (tertiary/aromatic N) is 1. The van der Waals surface area contributed by atoms with Gasteiger partial charge in [0.25, 0.3) is 0 Å². The molecule has 3 aromatic carbocycles. The number of rotatable bonds is 14. The Hall–Kier alpha value is -4.15. The summed E-state index contributed by atoms with van der Waals surface area (Å²) in [6.45, 7) is 2.67. The largest absolute Gasteiger partial charge is 0.469 e. The van der Waals surface area contributed by atoms with Gasteiger partial charge in [-0.2, -0.15) is 0 Å². The number of hydrogen-bond donors (Lipinski definition) is 2. The Bertz CT molecular complexity index is 1390. The minimum absolute atomic E-state index is 0.0460. The molecule has 3 aromatic rings. The summed E-state index contributed by atoms with van der Waals surface area (Å²) in [5, 5.41) is 6.98. The molecule has 0 bridgehead atoms. The Balaban J connectivity index is 1.42. The summed E-state index contributed by atoms with van der Waals surface area (Å²) < 4.78 is 21.5. The van der Waals surface area contributed by atoms with Crippen LogP contribution in [0.4, 0.5) is 9.59 Å². The molecular weight excluding hydrogens is 621 g/mol. The van der Waals surface area contributed by atoms with Crippen LogP contribution < -0.4 is 20.1 Å². The normalized spacial score (nSPS) is 13.0. The van der Waals surface area contributed by atoms with E-state index < -0.39 is 30.2 Å². The quantitative estimate of drug-likeness (QED) is 0.179. The molecule has 45 heavy (non-hydrogen) atoms. The van der Waals surface area contributed by atoms with Crippen LogP contribution >= 0.6 is 23.2 Å². The second-order valence-corrected chi connectivity index (χ2v) is 11.5. The maximum atomic E-state index is 13.4. The Kier molecular flexibility index (Phi) is 12.6. The molecule has 1 aliphatic heterocycles. The number of hydrogen-bond acceptors (Lipinski definition) is 7. The van der Waals surface area contributed by atoms with Crippen LogP contribution in [0.3, 0.4) is 0 Å². The SMILES string of the molecule is CCCC[C@@H](COC(=O)N(Cc1ccc(Cl)cc1)Cc1ccc(Cl)cc1)NC(=O)N[C@@H](CC(=O)OC)c1ccc2c(c1)OCO2. The predicted molar refractivity (Wildman–Crippen MR) is 170 cm³/mol. The van der Waals surface area contributed by atoms with Crippen molar-refractivity contribution >= 4 is 41.3 Å². The average molecular weight is 659 g/mol. The molecule has 0 radical (unpaired) electrons. The molecule has 4 rings (SSSR count). The van der Waals surface area contributed by atoms with Gasteiger partial charge in [0.15, 0.2) is 11.5 Å². The highest BCUT2D eigenvalue weighted by Crippen LogP contribution is 2.35. The molecule has 0 fully saturated rings. The number of carbonyl (C=O) groups is 3. The number of methoxy groups -OCH3 is 1. The van der Waals surface area contributed by atoms with Crippen LogP contribution in [0.15, 0.2) is 66.7 Å². The lowest BCUT2D eigenvalue weighted by Gasteiger charge is -2.26. The van der Waals surface area contributed by atoms with Crippen molar-refractivity contribution in [3.8, 4) is 11.5 Å². The van der Waals surface area contributed by atoms with Gasteiger partial charge >= 0.3 is 18.1 Å². The molecule has 10 nitrogen and oxygen atoms in total. The summed E-state index contributed by atoms with van der Waals surface area (Å²) in [5.74, 6) is 0.623. The molecule has 240 valence electrons. The predicted octanol–water partition coefficient (Wildman–Crippen LogP) is 7.02. The number of nitrogens with one attached hydrogen (secondary N) is 2. The van der Waals surface area contributed by atoms with Gasteiger partial charge in [0.05, 0.1) is 25.6 Å². The number of esters is 1. The van der Waals surface area contributed by atoms with Gasteiger partial charge in [0.2, 0.25) is 6.79 Å². The van der Waals surface area contributed by atoms with Gasteiger partial charge in [0, 0.05) is 23.1 Å². The first kappa shape index (κ1) is 33.7. The van der Waals surface area contributed by atoms with E-state index in [1.807, 2.05) is 31.2 Å². The van der Waals surface area contributed by atoms with Gasteiger partial charge < -0.3 is 29.6 Å². The summed E-state index contributed by atoms with van der Waals surface area (Å²) in [5.41, 5.74) is 2.41. The molecule has 3 amide bonds. The Labute approximate surface area is 272 Å². The molecule has 0 spiro atoms. The summed E-state index contributed by atoms with van der Waals surface area (Å²) >= 11 is 12.1. The van der Waals surface area contributed by atoms with Crippen molar-refractivity contribution in [3.63, 3.8) is 0 Å². The van der Waals surface area contributed by atoms with Crippen LogP contribution in [0.2, 0.25) is 10.0 Å². The van der Waals surface area contributed by atoms with Gasteiger partial charge in [-0.3, -0.25) is 9.69 Å². The van der Waals surface area contributed by atoms with E-state index >= 15 is 0 Å². The summed E-state index contributed by atoms with van der Waals surface area (Å²) in [6.07, 6.45) is 1.64. The number of halogens is 2. The van der Waals surface area contributed by atoms with Crippen molar-refractivity contribution in [1.82, 2.24) is 15.5 Å². The molecule has 0 saturated carbocycles. The first-order valence-corrected chi connectivity index (χ1v) is 15.4. The van der Waals surface area contributed by atoms with Gasteiger partial charge in [-0.1, -0.05) is 73.3 Å². The van der Waals surface area contributed by atoms with Crippen LogP contribution in [0.25, 0.3) is 0 Å². The highest BCUT2D eigenvalue weighted by atomic mass is 35.5. The lowest BCUT2D eigenvalue weighted by molar-refractivity contribution is -0.141. The fourth-order valence-electron chi connectivity index (χ4n) is 4.73. The molecule has 1 aliphatic rings. The third kappa shape index (κ3) is 10.5. The number of urea groups is 1. The Morgan fingerprint density at radius 3 is 2.11 bits per heavy atom. The van der Waals surface area contributed by atoms with Crippen LogP contribution in [-0.4, -0.2) is 49.5 Å². The molecule has 0 saturated heterocycles. The number of benzene rings is 3. The van der Waals surface area contributed by atoms with Crippen LogP contribution in [0.5, 0.6) is 11.5 Å². The standard InChI is InChI=1S/C33H37Cl2N3O7/c1-3-4-5-27(36-32(40)37-28(17-31(39)42-2)24-10-15-29-30(16-24)45-21-44-29)20-43-33(41)38(18-22-6-11-25(34)12-7-22)19-23-8-13-26(35)14-9-23/h6-16,27-28H,3-5,17-21H2,1-2H3,(H2,36,37,40)/t27-,28-/m0/s1. The van der Waals surface area contributed by atoms with Gasteiger partial charge in [0.1, 0.15) is 6.61 Å². The first-order chi connectivity index (χ1) is 21.7. The van der Waals surface area contributed by atoms with Crippen molar-refractivity contribution in [2.24, 2.45) is 0 Å². The number of amides is 3. The van der Waals surface area contributed by atoms with Crippen molar-refractivity contribution in [2.45, 2.75) is 57.8 Å². The minimum atomic E-state index is -0.699. The van der Waals surface area contributed by atoms with Gasteiger partial charge in [-0.05, 0) is 59.5 Å². The monoisotopic (exact) mass is 657 g/mol. The van der Waals surface area contributed by atoms with Crippen molar-refractivity contribution in [2.75, 3.05) is 20.5 Å². The smallest absolute Gasteiger partial charge is 0.410 e. The zero-order valence-corrected chi connectivity index (χ0v) is 26.7. The molecular formula is C33H37Cl2N3O7. The highest BCUT2D eigenvalue weighted by Gasteiger charge is 2.25. The van der Waals surface area contributed by atoms with E-state index in [4.69, 9.17) is 42.1 Å². The highest BCUT2D eigenvalue weighted by molar-refractivity contribution is 6.30. The number of ether oxygens (including phenoxy) is 4. The Morgan fingerprint density at radius 1 is 0.889 bits per heavy atom. The van der Waals surface area contributed by atoms with E-state index in [9.17, 15) is 14.4 Å². The third-order valence-corrected chi connectivity index (χ3v) is 7.69. The van der Waals surface area contributed by atoms with E-state index in [1.54, 1.807) is 47.4 Å². The van der Waals surface area contributed by atoms with E-state index in [2.05, 4.69) is 10.6 Å². The van der Waals surface area contributed by atoms with Gasteiger partial charge in [-0.15, -0.1) is 0 Å². The third-order valence-electron chi connectivity index (χ3n) is 7.18. The second kappa shape index (κ2) is 16.8. The van der Waals surface area contributed by atoms with Crippen LogP contribution in [-0.2, 0) is 27.4 Å². The van der Waals surface area contributed by atoms with E-state index in [1.165, 1.54) is 7.11 Å². The molecule has 2 atom stereocenters. The molecule has 0 aromatic heterocycles. The zero-order chi connectivity index (χ0) is 32.2. The topological polar surface area (TPSA) is 115 Å². The lowest BCUT2D eigenvalue weighted by atomic mass is 10.0. The maximum Gasteiger partial charge on any atom is 0.410 e. The molecule has 0 unspecified atom stereocenters. The first-order valence-electron chi connectivity index (χ1n) is 14.7. The van der Waals surface area contributed by atoms with Crippen molar-refractivity contribution in [3.05, 3.63) is 93.5 Å². The summed E-state index contributed by atoms with van der Waals surface area (Å²) in [7, 11) is 1.29. The van der Waals surface area contributed by atoms with Crippen molar-refractivity contribution in [1.29, 1.82) is 0 Å².